The van der Waals surface area contributed by atoms with Gasteiger partial charge in [0.25, 0.3) is 0 Å². The second-order valence-corrected chi connectivity index (χ2v) is 6.08. The number of fused-ring (bicyclic) bond motifs is 3. The van der Waals surface area contributed by atoms with E-state index in [1.165, 1.54) is 28.0 Å². The molecule has 2 aromatic rings. The van der Waals surface area contributed by atoms with E-state index in [1.807, 2.05) is 12.1 Å². The molecule has 118 valence electrons. The van der Waals surface area contributed by atoms with Crippen LogP contribution in [0.25, 0.3) is 5.57 Å². The van der Waals surface area contributed by atoms with Crippen molar-refractivity contribution in [3.63, 3.8) is 0 Å². The number of hydrogen-bond donors (Lipinski definition) is 1. The third-order valence-electron chi connectivity index (χ3n) is 4.60. The fourth-order valence-electron chi connectivity index (χ4n) is 3.36. The van der Waals surface area contributed by atoms with Crippen molar-refractivity contribution in [2.75, 3.05) is 12.4 Å². The van der Waals surface area contributed by atoms with Crippen molar-refractivity contribution in [1.82, 2.24) is 0 Å². The number of benzene rings is 2. The molecule has 3 nitrogen and oxygen atoms in total. The highest BCUT2D eigenvalue weighted by Crippen LogP contribution is 2.51. The maximum atomic E-state index is 6.00. The smallest absolute Gasteiger partial charge is 0.118 e. The minimum Gasteiger partial charge on any atom is -0.497 e. The van der Waals surface area contributed by atoms with Gasteiger partial charge in [-0.3, -0.25) is 0 Å². The Bertz CT molecular complexity index is 749. The summed E-state index contributed by atoms with van der Waals surface area (Å²) in [5, 5.41) is 3.54. The van der Waals surface area contributed by atoms with Crippen molar-refractivity contribution in [3.05, 3.63) is 65.4 Å². The SMILES string of the molecule is CCCc1cccc2c1NC=C(c1ccc(OC)cc1)[C@H]1OC21. The van der Waals surface area contributed by atoms with Crippen LogP contribution in [0, 0.1) is 0 Å². The van der Waals surface area contributed by atoms with Crippen LogP contribution in [0.3, 0.4) is 0 Å². The van der Waals surface area contributed by atoms with E-state index in [1.54, 1.807) is 7.11 Å². The molecular weight excluding hydrogens is 286 g/mol. The molecule has 23 heavy (non-hydrogen) atoms. The summed E-state index contributed by atoms with van der Waals surface area (Å²) in [4.78, 5) is 0. The summed E-state index contributed by atoms with van der Waals surface area (Å²) in [6.45, 7) is 2.21. The molecule has 0 amide bonds. The van der Waals surface area contributed by atoms with Crippen LogP contribution >= 0.6 is 0 Å². The number of anilines is 1. The summed E-state index contributed by atoms with van der Waals surface area (Å²) >= 11 is 0. The van der Waals surface area contributed by atoms with Crippen molar-refractivity contribution in [3.8, 4) is 5.75 Å². The molecule has 0 saturated carbocycles. The molecule has 0 aliphatic carbocycles. The molecule has 2 aliphatic heterocycles. The highest BCUT2D eigenvalue weighted by Gasteiger charge is 2.46. The fourth-order valence-corrected chi connectivity index (χ4v) is 3.36. The summed E-state index contributed by atoms with van der Waals surface area (Å²) in [7, 11) is 1.69. The van der Waals surface area contributed by atoms with Gasteiger partial charge in [0.1, 0.15) is 18.0 Å². The van der Waals surface area contributed by atoms with Gasteiger partial charge in [-0.1, -0.05) is 43.7 Å². The molecule has 0 radical (unpaired) electrons. The Labute approximate surface area is 136 Å². The Morgan fingerprint density at radius 1 is 1.09 bits per heavy atom. The van der Waals surface area contributed by atoms with Crippen LogP contribution in [-0.4, -0.2) is 13.2 Å². The normalized spacial score (nSPS) is 21.4. The molecule has 2 atom stereocenters. The van der Waals surface area contributed by atoms with Gasteiger partial charge in [0.05, 0.1) is 7.11 Å². The molecule has 1 unspecified atom stereocenters. The summed E-state index contributed by atoms with van der Waals surface area (Å²) in [5.74, 6) is 0.873. The van der Waals surface area contributed by atoms with Crippen molar-refractivity contribution in [1.29, 1.82) is 0 Å². The first kappa shape index (κ1) is 14.3. The third kappa shape index (κ3) is 2.51. The van der Waals surface area contributed by atoms with Crippen molar-refractivity contribution in [2.45, 2.75) is 32.0 Å². The highest BCUT2D eigenvalue weighted by atomic mass is 16.6. The summed E-state index contributed by atoms with van der Waals surface area (Å²) in [5.41, 5.74) is 6.25. The molecule has 0 bridgehead atoms. The topological polar surface area (TPSA) is 33.8 Å². The minimum absolute atomic E-state index is 0.147. The number of aryl methyl sites for hydroxylation is 1. The van der Waals surface area contributed by atoms with Gasteiger partial charge in [0.15, 0.2) is 0 Å². The lowest BCUT2D eigenvalue weighted by Gasteiger charge is -2.12. The maximum Gasteiger partial charge on any atom is 0.118 e. The van der Waals surface area contributed by atoms with E-state index in [9.17, 15) is 0 Å². The van der Waals surface area contributed by atoms with Gasteiger partial charge in [0, 0.05) is 23.0 Å². The van der Waals surface area contributed by atoms with E-state index < -0.39 is 0 Å². The second-order valence-electron chi connectivity index (χ2n) is 6.08. The van der Waals surface area contributed by atoms with Crippen molar-refractivity contribution >= 4 is 11.3 Å². The van der Waals surface area contributed by atoms with Gasteiger partial charge in [-0.15, -0.1) is 0 Å². The van der Waals surface area contributed by atoms with Gasteiger partial charge in [0.2, 0.25) is 0 Å². The largest absolute Gasteiger partial charge is 0.497 e. The lowest BCUT2D eigenvalue weighted by molar-refractivity contribution is 0.396. The van der Waals surface area contributed by atoms with E-state index in [2.05, 4.69) is 48.8 Å². The lowest BCUT2D eigenvalue weighted by Crippen LogP contribution is -1.99. The average Bonchev–Trinajstić information content (AvgIpc) is 3.37. The fraction of sp³-hybridized carbons (Fsp3) is 0.300. The molecule has 0 spiro atoms. The number of ether oxygens (including phenoxy) is 2. The Morgan fingerprint density at radius 3 is 2.65 bits per heavy atom. The van der Waals surface area contributed by atoms with E-state index in [-0.39, 0.29) is 12.2 Å². The van der Waals surface area contributed by atoms with Crippen LogP contribution in [0.1, 0.15) is 36.1 Å². The van der Waals surface area contributed by atoms with Gasteiger partial charge in [-0.2, -0.15) is 0 Å². The number of para-hydroxylation sites is 1. The number of rotatable bonds is 4. The number of hydrogen-bond acceptors (Lipinski definition) is 3. The van der Waals surface area contributed by atoms with Crippen LogP contribution in [0.4, 0.5) is 5.69 Å². The minimum atomic E-state index is 0.147. The predicted molar refractivity (Wildman–Crippen MR) is 92.6 cm³/mol. The molecule has 2 heterocycles. The van der Waals surface area contributed by atoms with Crippen LogP contribution in [0.2, 0.25) is 0 Å². The molecule has 4 rings (SSSR count). The standard InChI is InChI=1S/C20H21NO2/c1-3-5-14-6-4-7-16-18(14)21-12-17(20-19(16)23-20)13-8-10-15(22-2)11-9-13/h4,6-12,19-21H,3,5H2,1-2H3/t19?,20-/m1/s1. The molecule has 2 aliphatic rings. The first-order chi connectivity index (χ1) is 11.3. The molecule has 0 aromatic heterocycles. The van der Waals surface area contributed by atoms with Crippen LogP contribution in [-0.2, 0) is 11.2 Å². The number of epoxide rings is 1. The third-order valence-corrected chi connectivity index (χ3v) is 4.60. The summed E-state index contributed by atoms with van der Waals surface area (Å²) < 4.78 is 11.2. The Balaban J connectivity index is 1.69. The van der Waals surface area contributed by atoms with E-state index in [0.717, 1.165) is 18.6 Å². The molecular formula is C20H21NO2. The quantitative estimate of drug-likeness (QED) is 0.841. The van der Waals surface area contributed by atoms with E-state index in [4.69, 9.17) is 9.47 Å². The predicted octanol–water partition coefficient (Wildman–Crippen LogP) is 4.55. The van der Waals surface area contributed by atoms with Crippen LogP contribution in [0.5, 0.6) is 5.75 Å². The maximum absolute atomic E-state index is 6.00. The first-order valence-corrected chi connectivity index (χ1v) is 8.20. The van der Waals surface area contributed by atoms with Crippen LogP contribution < -0.4 is 10.1 Å². The molecule has 1 saturated heterocycles. The van der Waals surface area contributed by atoms with Crippen molar-refractivity contribution in [2.24, 2.45) is 0 Å². The lowest BCUT2D eigenvalue weighted by atomic mass is 9.97. The molecule has 1 fully saturated rings. The van der Waals surface area contributed by atoms with E-state index in [0.29, 0.717) is 0 Å². The zero-order valence-electron chi connectivity index (χ0n) is 13.5. The van der Waals surface area contributed by atoms with Gasteiger partial charge < -0.3 is 14.8 Å². The van der Waals surface area contributed by atoms with Gasteiger partial charge in [-0.05, 0) is 29.7 Å². The highest BCUT2D eigenvalue weighted by molar-refractivity contribution is 5.78. The zero-order valence-corrected chi connectivity index (χ0v) is 13.5. The van der Waals surface area contributed by atoms with Crippen LogP contribution in [0.15, 0.2) is 48.7 Å². The van der Waals surface area contributed by atoms with Gasteiger partial charge >= 0.3 is 0 Å². The monoisotopic (exact) mass is 307 g/mol. The summed E-state index contributed by atoms with van der Waals surface area (Å²) in [6, 6.07) is 14.7. The summed E-state index contributed by atoms with van der Waals surface area (Å²) in [6.07, 6.45) is 4.65. The first-order valence-electron chi connectivity index (χ1n) is 8.20. The van der Waals surface area contributed by atoms with Crippen molar-refractivity contribution < 1.29 is 9.47 Å². The average molecular weight is 307 g/mol. The second kappa shape index (κ2) is 5.74. The Morgan fingerprint density at radius 2 is 1.91 bits per heavy atom. The number of methoxy groups -OCH3 is 1. The Kier molecular flexibility index (Phi) is 3.58. The molecule has 1 N–H and O–H groups in total. The Hall–Kier alpha value is -2.26. The zero-order chi connectivity index (χ0) is 15.8. The van der Waals surface area contributed by atoms with Gasteiger partial charge in [-0.25, -0.2) is 0 Å². The molecule has 2 aromatic carbocycles. The van der Waals surface area contributed by atoms with E-state index >= 15 is 0 Å². The molecule has 3 heteroatoms. The number of nitrogens with one attached hydrogen (secondary N) is 1.